The number of rotatable bonds is 5. The summed E-state index contributed by atoms with van der Waals surface area (Å²) >= 11 is 0. The number of nitrogens with one attached hydrogen (secondary N) is 2. The van der Waals surface area contributed by atoms with Crippen LogP contribution in [0.25, 0.3) is 0 Å². The predicted octanol–water partition coefficient (Wildman–Crippen LogP) is 1.03. The lowest BCUT2D eigenvalue weighted by molar-refractivity contribution is -0.142. The summed E-state index contributed by atoms with van der Waals surface area (Å²) in [5.74, 6) is -1.38. The first-order valence-corrected chi connectivity index (χ1v) is 11.4. The van der Waals surface area contributed by atoms with Gasteiger partial charge in [-0.25, -0.2) is 0 Å². The lowest BCUT2D eigenvalue weighted by atomic mass is 9.74. The molecule has 1 spiro atoms. The van der Waals surface area contributed by atoms with E-state index in [1.54, 1.807) is 4.90 Å². The number of carbonyl (C=O) groups is 3. The van der Waals surface area contributed by atoms with Crippen LogP contribution < -0.4 is 10.6 Å². The van der Waals surface area contributed by atoms with E-state index >= 15 is 0 Å². The smallest absolute Gasteiger partial charge is 0.246 e. The van der Waals surface area contributed by atoms with Gasteiger partial charge >= 0.3 is 0 Å². The SMILES string of the molecule is O=C(NC1CC1)[C@H]1[C@@H]2C=C[C@@]3(O2)[C@H](C(=O)NC2CCCCC2)N(C2CC2)C(=O)[C@@H]13. The third-order valence-electron chi connectivity index (χ3n) is 7.68. The third kappa shape index (κ3) is 2.69. The molecule has 2 bridgehead atoms. The predicted molar refractivity (Wildman–Crippen MR) is 104 cm³/mol. The van der Waals surface area contributed by atoms with Crippen molar-refractivity contribution in [3.63, 3.8) is 0 Å². The molecule has 5 atom stereocenters. The van der Waals surface area contributed by atoms with Gasteiger partial charge in [0.1, 0.15) is 11.6 Å². The first kappa shape index (κ1) is 17.9. The molecule has 3 aliphatic carbocycles. The number of hydrogen-bond donors (Lipinski definition) is 2. The van der Waals surface area contributed by atoms with Gasteiger partial charge in [-0.3, -0.25) is 14.4 Å². The molecule has 29 heavy (non-hydrogen) atoms. The molecule has 0 radical (unpaired) electrons. The van der Waals surface area contributed by atoms with Crippen molar-refractivity contribution in [2.45, 2.75) is 93.7 Å². The molecule has 0 unspecified atom stereocenters. The van der Waals surface area contributed by atoms with Gasteiger partial charge in [-0.1, -0.05) is 31.4 Å². The molecule has 5 fully saturated rings. The van der Waals surface area contributed by atoms with Crippen LogP contribution in [0.3, 0.4) is 0 Å². The summed E-state index contributed by atoms with van der Waals surface area (Å²) in [5, 5.41) is 6.28. The van der Waals surface area contributed by atoms with E-state index < -0.39 is 29.6 Å². The van der Waals surface area contributed by atoms with E-state index in [1.165, 1.54) is 6.42 Å². The lowest BCUT2D eigenvalue weighted by Gasteiger charge is -2.34. The number of fused-ring (bicyclic) bond motifs is 1. The summed E-state index contributed by atoms with van der Waals surface area (Å²) in [6.07, 6.45) is 12.8. The van der Waals surface area contributed by atoms with Gasteiger partial charge in [-0.15, -0.1) is 0 Å². The van der Waals surface area contributed by atoms with Crippen LogP contribution in [-0.2, 0) is 19.1 Å². The van der Waals surface area contributed by atoms with Gasteiger partial charge in [0.25, 0.3) is 0 Å². The molecule has 2 saturated heterocycles. The first-order chi connectivity index (χ1) is 14.1. The number of ether oxygens (including phenoxy) is 1. The fraction of sp³-hybridized carbons (Fsp3) is 0.773. The zero-order chi connectivity index (χ0) is 19.8. The van der Waals surface area contributed by atoms with Gasteiger partial charge in [0.2, 0.25) is 17.7 Å². The molecule has 0 aromatic rings. The minimum Gasteiger partial charge on any atom is -0.359 e. The topological polar surface area (TPSA) is 87.7 Å². The Labute approximate surface area is 170 Å². The minimum atomic E-state index is -0.991. The second-order valence-electron chi connectivity index (χ2n) is 9.80. The molecule has 156 valence electrons. The molecule has 6 rings (SSSR count). The van der Waals surface area contributed by atoms with Crippen LogP contribution in [0.4, 0.5) is 0 Å². The fourth-order valence-electron chi connectivity index (χ4n) is 6.00. The fourth-order valence-corrected chi connectivity index (χ4v) is 6.00. The average molecular weight is 399 g/mol. The van der Waals surface area contributed by atoms with Gasteiger partial charge < -0.3 is 20.3 Å². The van der Waals surface area contributed by atoms with Crippen LogP contribution in [0.1, 0.15) is 57.8 Å². The van der Waals surface area contributed by atoms with Gasteiger partial charge in [-0.2, -0.15) is 0 Å². The van der Waals surface area contributed by atoms with E-state index in [4.69, 9.17) is 4.74 Å². The quantitative estimate of drug-likeness (QED) is 0.676. The maximum absolute atomic E-state index is 13.5. The maximum atomic E-state index is 13.5. The van der Waals surface area contributed by atoms with Gasteiger partial charge in [-0.05, 0) is 38.5 Å². The molecule has 3 heterocycles. The van der Waals surface area contributed by atoms with E-state index in [2.05, 4.69) is 10.6 Å². The van der Waals surface area contributed by atoms with E-state index in [1.807, 2.05) is 12.2 Å². The lowest BCUT2D eigenvalue weighted by Crippen LogP contribution is -2.57. The van der Waals surface area contributed by atoms with Gasteiger partial charge in [0.15, 0.2) is 0 Å². The molecular formula is C22H29N3O4. The molecule has 0 aromatic carbocycles. The number of likely N-dealkylation sites (tertiary alicyclic amines) is 1. The summed E-state index contributed by atoms with van der Waals surface area (Å²) in [6.45, 7) is 0. The zero-order valence-electron chi connectivity index (χ0n) is 16.6. The second-order valence-corrected chi connectivity index (χ2v) is 9.80. The molecule has 7 nitrogen and oxygen atoms in total. The third-order valence-corrected chi connectivity index (χ3v) is 7.68. The molecule has 3 amide bonds. The number of amides is 3. The number of carbonyl (C=O) groups excluding carboxylic acids is 3. The standard InChI is InChI=1S/C22H29N3O4/c26-19(23-13-6-7-13)16-15-10-11-22(29-15)17(16)21(28)25(14-8-9-14)18(22)20(27)24-12-4-2-1-3-5-12/h10-18H,1-9H2,(H,23,26)(H,24,27)/t15-,16-,17+,18-,22-/m0/s1. The number of hydrogen-bond acceptors (Lipinski definition) is 4. The summed E-state index contributed by atoms with van der Waals surface area (Å²) in [6, 6.07) is -0.135. The first-order valence-electron chi connectivity index (χ1n) is 11.4. The molecule has 6 aliphatic rings. The van der Waals surface area contributed by atoms with E-state index in [-0.39, 0.29) is 35.8 Å². The van der Waals surface area contributed by atoms with E-state index in [0.717, 1.165) is 51.4 Å². The molecule has 7 heteroatoms. The van der Waals surface area contributed by atoms with Crippen molar-refractivity contribution < 1.29 is 19.1 Å². The molecule has 0 aromatic heterocycles. The van der Waals surface area contributed by atoms with Crippen molar-refractivity contribution in [1.29, 1.82) is 0 Å². The highest BCUT2D eigenvalue weighted by Crippen LogP contribution is 2.57. The van der Waals surface area contributed by atoms with E-state index in [9.17, 15) is 14.4 Å². The number of nitrogens with zero attached hydrogens (tertiary/aromatic N) is 1. The molecule has 3 aliphatic heterocycles. The van der Waals surface area contributed by atoms with Gasteiger partial charge in [0.05, 0.1) is 17.9 Å². The van der Waals surface area contributed by atoms with Crippen LogP contribution in [0.2, 0.25) is 0 Å². The van der Waals surface area contributed by atoms with Gasteiger partial charge in [0, 0.05) is 18.1 Å². The monoisotopic (exact) mass is 399 g/mol. The molecule has 3 saturated carbocycles. The largest absolute Gasteiger partial charge is 0.359 e. The Balaban J connectivity index is 1.31. The second kappa shape index (κ2) is 6.30. The Bertz CT molecular complexity index is 783. The summed E-state index contributed by atoms with van der Waals surface area (Å²) in [4.78, 5) is 41.7. The summed E-state index contributed by atoms with van der Waals surface area (Å²) in [7, 11) is 0. The van der Waals surface area contributed by atoms with Crippen molar-refractivity contribution in [2.24, 2.45) is 11.8 Å². The maximum Gasteiger partial charge on any atom is 0.246 e. The Morgan fingerprint density at radius 1 is 0.966 bits per heavy atom. The Morgan fingerprint density at radius 3 is 2.34 bits per heavy atom. The van der Waals surface area contributed by atoms with Crippen molar-refractivity contribution in [1.82, 2.24) is 15.5 Å². The van der Waals surface area contributed by atoms with Crippen LogP contribution in [0.15, 0.2) is 12.2 Å². The normalized spacial score (nSPS) is 41.0. The average Bonchev–Trinajstić information content (AvgIpc) is 3.63. The zero-order valence-corrected chi connectivity index (χ0v) is 16.6. The van der Waals surface area contributed by atoms with Crippen molar-refractivity contribution >= 4 is 17.7 Å². The highest BCUT2D eigenvalue weighted by atomic mass is 16.5. The highest BCUT2D eigenvalue weighted by molar-refractivity contribution is 6.00. The molecular weight excluding hydrogens is 370 g/mol. The van der Waals surface area contributed by atoms with Crippen LogP contribution in [-0.4, -0.2) is 58.5 Å². The van der Waals surface area contributed by atoms with Crippen LogP contribution in [0, 0.1) is 11.8 Å². The minimum absolute atomic E-state index is 0.0703. The Kier molecular flexibility index (Phi) is 3.90. The van der Waals surface area contributed by atoms with Crippen molar-refractivity contribution in [3.8, 4) is 0 Å². The van der Waals surface area contributed by atoms with Crippen molar-refractivity contribution in [3.05, 3.63) is 12.2 Å². The van der Waals surface area contributed by atoms with Crippen LogP contribution in [0.5, 0.6) is 0 Å². The highest BCUT2D eigenvalue weighted by Gasteiger charge is 2.74. The van der Waals surface area contributed by atoms with Crippen LogP contribution >= 0.6 is 0 Å². The molecule has 2 N–H and O–H groups in total. The summed E-state index contributed by atoms with van der Waals surface area (Å²) in [5.41, 5.74) is -0.991. The Morgan fingerprint density at radius 2 is 1.66 bits per heavy atom. The van der Waals surface area contributed by atoms with Crippen molar-refractivity contribution in [2.75, 3.05) is 0 Å². The Hall–Kier alpha value is -1.89. The van der Waals surface area contributed by atoms with E-state index in [0.29, 0.717) is 0 Å². The summed E-state index contributed by atoms with van der Waals surface area (Å²) < 4.78 is 6.33.